The highest BCUT2D eigenvalue weighted by Crippen LogP contribution is 2.35. The minimum absolute atomic E-state index is 0.156. The molecule has 0 bridgehead atoms. The second kappa shape index (κ2) is 8.57. The van der Waals surface area contributed by atoms with Crippen molar-refractivity contribution in [1.82, 2.24) is 10.3 Å². The molecule has 162 valence electrons. The van der Waals surface area contributed by atoms with Crippen molar-refractivity contribution in [3.63, 3.8) is 0 Å². The van der Waals surface area contributed by atoms with Crippen LogP contribution in [0.5, 0.6) is 5.75 Å². The van der Waals surface area contributed by atoms with E-state index in [2.05, 4.69) is 10.3 Å². The SMILES string of the molecule is Cc1ccccc1CNC(=O)c1ccc2[nH]c(-c3cc(Cl)c(N)c(Cl)c3)c(O)c(=O)c2c1. The maximum atomic E-state index is 12.9. The number of carbonyl (C=O) groups is 1. The van der Waals surface area contributed by atoms with E-state index in [1.165, 1.54) is 18.2 Å². The summed E-state index contributed by atoms with van der Waals surface area (Å²) in [4.78, 5) is 28.5. The smallest absolute Gasteiger partial charge is 0.251 e. The molecule has 0 spiro atoms. The summed E-state index contributed by atoms with van der Waals surface area (Å²) in [7, 11) is 0. The van der Waals surface area contributed by atoms with Crippen molar-refractivity contribution in [2.45, 2.75) is 13.5 Å². The summed E-state index contributed by atoms with van der Waals surface area (Å²) >= 11 is 12.2. The molecule has 0 atom stereocenters. The summed E-state index contributed by atoms with van der Waals surface area (Å²) in [5, 5.41) is 14.0. The molecule has 32 heavy (non-hydrogen) atoms. The number of nitrogen functional groups attached to an aromatic ring is 1. The van der Waals surface area contributed by atoms with Gasteiger partial charge < -0.3 is 21.1 Å². The van der Waals surface area contributed by atoms with Gasteiger partial charge in [-0.15, -0.1) is 0 Å². The van der Waals surface area contributed by atoms with Gasteiger partial charge in [-0.25, -0.2) is 0 Å². The van der Waals surface area contributed by atoms with Crippen molar-refractivity contribution in [1.29, 1.82) is 0 Å². The number of nitrogens with one attached hydrogen (secondary N) is 2. The molecule has 5 N–H and O–H groups in total. The maximum Gasteiger partial charge on any atom is 0.251 e. The zero-order chi connectivity index (χ0) is 23.0. The van der Waals surface area contributed by atoms with Crippen LogP contribution in [-0.4, -0.2) is 16.0 Å². The minimum Gasteiger partial charge on any atom is -0.503 e. The Morgan fingerprint density at radius 3 is 2.47 bits per heavy atom. The van der Waals surface area contributed by atoms with Crippen LogP contribution in [0.1, 0.15) is 21.5 Å². The van der Waals surface area contributed by atoms with Gasteiger partial charge in [-0.3, -0.25) is 9.59 Å². The van der Waals surface area contributed by atoms with E-state index in [9.17, 15) is 14.7 Å². The third kappa shape index (κ3) is 4.02. The van der Waals surface area contributed by atoms with E-state index in [0.29, 0.717) is 23.2 Å². The highest BCUT2D eigenvalue weighted by atomic mass is 35.5. The molecular formula is C24H19Cl2N3O3. The number of hydrogen-bond acceptors (Lipinski definition) is 4. The molecule has 1 aromatic heterocycles. The van der Waals surface area contributed by atoms with Crippen molar-refractivity contribution in [2.75, 3.05) is 5.73 Å². The number of fused-ring (bicyclic) bond motifs is 1. The van der Waals surface area contributed by atoms with Crippen LogP contribution >= 0.6 is 23.2 Å². The number of H-pyrrole nitrogens is 1. The number of nitrogens with two attached hydrogens (primary N) is 1. The number of aryl methyl sites for hydroxylation is 1. The van der Waals surface area contributed by atoms with Gasteiger partial charge in [0.2, 0.25) is 5.43 Å². The van der Waals surface area contributed by atoms with E-state index in [1.54, 1.807) is 12.1 Å². The van der Waals surface area contributed by atoms with E-state index in [-0.39, 0.29) is 32.7 Å². The molecule has 0 fully saturated rings. The van der Waals surface area contributed by atoms with Crippen molar-refractivity contribution < 1.29 is 9.90 Å². The number of anilines is 1. The Hall–Kier alpha value is -3.48. The zero-order valence-electron chi connectivity index (χ0n) is 17.0. The van der Waals surface area contributed by atoms with Crippen LogP contribution in [0.15, 0.2) is 59.4 Å². The van der Waals surface area contributed by atoms with Gasteiger partial charge in [0.1, 0.15) is 0 Å². The van der Waals surface area contributed by atoms with Crippen LogP contribution in [0.4, 0.5) is 5.69 Å². The van der Waals surface area contributed by atoms with Crippen LogP contribution in [0, 0.1) is 6.92 Å². The third-order valence-corrected chi connectivity index (χ3v) is 5.93. The van der Waals surface area contributed by atoms with Gasteiger partial charge in [0.15, 0.2) is 5.75 Å². The number of pyridine rings is 1. The van der Waals surface area contributed by atoms with Crippen molar-refractivity contribution in [2.24, 2.45) is 0 Å². The zero-order valence-corrected chi connectivity index (χ0v) is 18.5. The lowest BCUT2D eigenvalue weighted by molar-refractivity contribution is 0.0951. The Kier molecular flexibility index (Phi) is 5.82. The van der Waals surface area contributed by atoms with Gasteiger partial charge in [-0.2, -0.15) is 0 Å². The Bertz CT molecular complexity index is 1410. The molecule has 0 saturated carbocycles. The summed E-state index contributed by atoms with van der Waals surface area (Å²) < 4.78 is 0. The van der Waals surface area contributed by atoms with Gasteiger partial charge in [0, 0.05) is 17.7 Å². The third-order valence-electron chi connectivity index (χ3n) is 5.31. The fourth-order valence-corrected chi connectivity index (χ4v) is 3.93. The molecule has 1 heterocycles. The predicted octanol–water partition coefficient (Wildman–Crippen LogP) is 5.03. The number of aromatic amines is 1. The summed E-state index contributed by atoms with van der Waals surface area (Å²) in [5.74, 6) is -0.831. The van der Waals surface area contributed by atoms with Gasteiger partial charge >= 0.3 is 0 Å². The topological polar surface area (TPSA) is 108 Å². The molecule has 4 aromatic rings. The molecule has 1 amide bonds. The quantitative estimate of drug-likeness (QED) is 0.315. The fraction of sp³-hybridized carbons (Fsp3) is 0.0833. The summed E-state index contributed by atoms with van der Waals surface area (Å²) in [5.41, 5.74) is 8.75. The van der Waals surface area contributed by atoms with Gasteiger partial charge in [-0.1, -0.05) is 47.5 Å². The Morgan fingerprint density at radius 1 is 1.09 bits per heavy atom. The summed E-state index contributed by atoms with van der Waals surface area (Å²) in [6.45, 7) is 2.33. The minimum atomic E-state index is -0.619. The van der Waals surface area contributed by atoms with Crippen LogP contribution < -0.4 is 16.5 Å². The first kappa shape index (κ1) is 21.7. The maximum absolute atomic E-state index is 12.9. The highest BCUT2D eigenvalue weighted by molar-refractivity contribution is 6.39. The van der Waals surface area contributed by atoms with E-state index in [0.717, 1.165) is 11.1 Å². The normalized spacial score (nSPS) is 11.0. The van der Waals surface area contributed by atoms with Gasteiger partial charge in [0.25, 0.3) is 5.91 Å². The van der Waals surface area contributed by atoms with E-state index in [4.69, 9.17) is 28.9 Å². The van der Waals surface area contributed by atoms with E-state index < -0.39 is 11.2 Å². The highest BCUT2D eigenvalue weighted by Gasteiger charge is 2.17. The largest absolute Gasteiger partial charge is 0.503 e. The molecule has 6 nitrogen and oxygen atoms in total. The number of aromatic hydroxyl groups is 1. The number of halogens is 2. The Morgan fingerprint density at radius 2 is 1.78 bits per heavy atom. The number of rotatable bonds is 4. The second-order valence-corrected chi connectivity index (χ2v) is 8.22. The average molecular weight is 468 g/mol. The molecule has 3 aromatic carbocycles. The average Bonchev–Trinajstić information content (AvgIpc) is 2.78. The van der Waals surface area contributed by atoms with E-state index in [1.807, 2.05) is 31.2 Å². The molecule has 0 saturated heterocycles. The molecule has 0 unspecified atom stereocenters. The number of aromatic nitrogens is 1. The van der Waals surface area contributed by atoms with Gasteiger partial charge in [-0.05, 0) is 48.4 Å². The number of carbonyl (C=O) groups excluding carboxylic acids is 1. The predicted molar refractivity (Wildman–Crippen MR) is 128 cm³/mol. The van der Waals surface area contributed by atoms with Gasteiger partial charge in [0.05, 0.1) is 32.3 Å². The van der Waals surface area contributed by atoms with Crippen molar-refractivity contribution in [3.05, 3.63) is 91.6 Å². The lowest BCUT2D eigenvalue weighted by Gasteiger charge is -2.11. The lowest BCUT2D eigenvalue weighted by Crippen LogP contribution is -2.23. The first-order valence-electron chi connectivity index (χ1n) is 9.73. The number of benzene rings is 3. The van der Waals surface area contributed by atoms with Crippen LogP contribution in [0.3, 0.4) is 0 Å². The molecule has 0 aliphatic rings. The number of amides is 1. The molecule has 0 aliphatic carbocycles. The van der Waals surface area contributed by atoms with Crippen molar-refractivity contribution >= 4 is 45.7 Å². The van der Waals surface area contributed by atoms with Crippen LogP contribution in [-0.2, 0) is 6.54 Å². The number of hydrogen-bond donors (Lipinski definition) is 4. The summed E-state index contributed by atoms with van der Waals surface area (Å²) in [6.07, 6.45) is 0. The molecular weight excluding hydrogens is 449 g/mol. The first-order valence-corrected chi connectivity index (χ1v) is 10.5. The fourth-order valence-electron chi connectivity index (χ4n) is 3.44. The lowest BCUT2D eigenvalue weighted by atomic mass is 10.0. The second-order valence-electron chi connectivity index (χ2n) is 7.40. The Balaban J connectivity index is 1.69. The van der Waals surface area contributed by atoms with Crippen LogP contribution in [0.2, 0.25) is 10.0 Å². The molecule has 4 rings (SSSR count). The summed E-state index contributed by atoms with van der Waals surface area (Å²) in [6, 6.07) is 15.4. The monoisotopic (exact) mass is 467 g/mol. The molecule has 0 radical (unpaired) electrons. The van der Waals surface area contributed by atoms with Crippen LogP contribution in [0.25, 0.3) is 22.2 Å². The molecule has 0 aliphatic heterocycles. The standard InChI is InChI=1S/C24H19Cl2N3O3/c1-12-4-2-3-5-14(12)11-28-24(32)13-6-7-19-16(8-13)22(30)23(31)21(29-19)15-9-17(25)20(27)18(26)10-15/h2-10,31H,11,27H2,1H3,(H,28,32)(H,29,30). The molecule has 8 heteroatoms. The van der Waals surface area contributed by atoms with Crippen molar-refractivity contribution in [3.8, 4) is 17.0 Å². The van der Waals surface area contributed by atoms with E-state index >= 15 is 0 Å². The first-order chi connectivity index (χ1) is 15.3. The Labute approximate surface area is 193 Å².